The van der Waals surface area contributed by atoms with Crippen LogP contribution >= 0.6 is 11.3 Å². The van der Waals surface area contributed by atoms with Crippen molar-refractivity contribution in [2.45, 2.75) is 13.0 Å². The molecule has 0 atom stereocenters. The van der Waals surface area contributed by atoms with Crippen LogP contribution in [0.4, 0.5) is 0 Å². The lowest BCUT2D eigenvalue weighted by molar-refractivity contribution is 0.0341. The summed E-state index contributed by atoms with van der Waals surface area (Å²) in [5, 5.41) is 11.4. The smallest absolute Gasteiger partial charge is 0.355 e. The molecule has 1 aliphatic heterocycles. The number of thiazole rings is 1. The second kappa shape index (κ2) is 7.00. The monoisotopic (exact) mass is 318 g/mol. The number of nitrogens with zero attached hydrogens (tertiary/aromatic N) is 2. The lowest BCUT2D eigenvalue weighted by Crippen LogP contribution is -2.35. The molecule has 1 saturated heterocycles. The zero-order valence-electron chi connectivity index (χ0n) is 12.2. The molecule has 0 aliphatic carbocycles. The fourth-order valence-electron chi connectivity index (χ4n) is 2.54. The van der Waals surface area contributed by atoms with Crippen molar-refractivity contribution in [1.82, 2.24) is 9.88 Å². The topological polar surface area (TPSA) is 62.7 Å². The molecular formula is C16H18N2O3S. The highest BCUT2D eigenvalue weighted by Crippen LogP contribution is 2.19. The molecule has 0 radical (unpaired) electrons. The van der Waals surface area contributed by atoms with Gasteiger partial charge in [0.2, 0.25) is 0 Å². The number of aromatic nitrogens is 1. The lowest BCUT2D eigenvalue weighted by atomic mass is 10.0. The highest BCUT2D eigenvalue weighted by atomic mass is 32.1. The molecule has 6 heteroatoms. The highest BCUT2D eigenvalue weighted by Gasteiger charge is 2.14. The van der Waals surface area contributed by atoms with Crippen molar-refractivity contribution in [3.63, 3.8) is 0 Å². The number of ether oxygens (including phenoxy) is 1. The predicted molar refractivity (Wildman–Crippen MR) is 84.4 cm³/mol. The van der Waals surface area contributed by atoms with E-state index in [0.717, 1.165) is 37.9 Å². The number of hydrogen-bond acceptors (Lipinski definition) is 5. The maximum absolute atomic E-state index is 10.9. The van der Waals surface area contributed by atoms with Gasteiger partial charge in [-0.15, -0.1) is 11.3 Å². The van der Waals surface area contributed by atoms with E-state index in [4.69, 9.17) is 9.84 Å². The zero-order valence-corrected chi connectivity index (χ0v) is 13.0. The molecule has 0 saturated carbocycles. The first-order valence-corrected chi connectivity index (χ1v) is 8.15. The Balaban J connectivity index is 1.73. The maximum atomic E-state index is 10.9. The average Bonchev–Trinajstić information content (AvgIpc) is 2.99. The van der Waals surface area contributed by atoms with Gasteiger partial charge < -0.3 is 9.84 Å². The van der Waals surface area contributed by atoms with Crippen molar-refractivity contribution in [1.29, 1.82) is 0 Å². The Kier molecular flexibility index (Phi) is 4.82. The Bertz CT molecular complexity index is 650. The Morgan fingerprint density at radius 1 is 1.27 bits per heavy atom. The van der Waals surface area contributed by atoms with E-state index in [-0.39, 0.29) is 5.69 Å². The largest absolute Gasteiger partial charge is 0.476 e. The minimum absolute atomic E-state index is 0.130. The van der Waals surface area contributed by atoms with Crippen LogP contribution in [0.5, 0.6) is 0 Å². The SMILES string of the molecule is O=C(O)c1csc(Cc2ccccc2CN2CCOCC2)n1. The Morgan fingerprint density at radius 3 is 2.68 bits per heavy atom. The standard InChI is InChI=1S/C16H18N2O3S/c19-16(20)14-11-22-15(17-14)9-12-3-1-2-4-13(12)10-18-5-7-21-8-6-18/h1-4,11H,5-10H2,(H,19,20). The molecule has 0 spiro atoms. The summed E-state index contributed by atoms with van der Waals surface area (Å²) in [5.74, 6) is -0.968. The third-order valence-corrected chi connectivity index (χ3v) is 4.58. The van der Waals surface area contributed by atoms with E-state index in [1.54, 1.807) is 5.38 Å². The van der Waals surface area contributed by atoms with E-state index in [9.17, 15) is 4.79 Å². The second-order valence-electron chi connectivity index (χ2n) is 5.27. The minimum Gasteiger partial charge on any atom is -0.476 e. The second-order valence-corrected chi connectivity index (χ2v) is 6.21. The fraction of sp³-hybridized carbons (Fsp3) is 0.375. The lowest BCUT2D eigenvalue weighted by Gasteiger charge is -2.27. The van der Waals surface area contributed by atoms with Crippen molar-refractivity contribution in [2.24, 2.45) is 0 Å². The van der Waals surface area contributed by atoms with Gasteiger partial charge in [0, 0.05) is 31.4 Å². The molecule has 1 aliphatic rings. The maximum Gasteiger partial charge on any atom is 0.355 e. The van der Waals surface area contributed by atoms with Crippen LogP contribution in [0, 0.1) is 0 Å². The van der Waals surface area contributed by atoms with Crippen LogP contribution in [-0.4, -0.2) is 47.3 Å². The molecule has 116 valence electrons. The van der Waals surface area contributed by atoms with Gasteiger partial charge in [0.25, 0.3) is 0 Å². The van der Waals surface area contributed by atoms with Crippen molar-refractivity contribution >= 4 is 17.3 Å². The summed E-state index contributed by atoms with van der Waals surface area (Å²) >= 11 is 1.40. The summed E-state index contributed by atoms with van der Waals surface area (Å²) in [6.45, 7) is 4.38. The van der Waals surface area contributed by atoms with Crippen LogP contribution in [0.25, 0.3) is 0 Å². The average molecular weight is 318 g/mol. The summed E-state index contributed by atoms with van der Waals surface area (Å²) in [6, 6.07) is 8.29. The van der Waals surface area contributed by atoms with Crippen LogP contribution in [-0.2, 0) is 17.7 Å². The van der Waals surface area contributed by atoms with E-state index < -0.39 is 5.97 Å². The quantitative estimate of drug-likeness (QED) is 0.916. The Hall–Kier alpha value is -1.76. The predicted octanol–water partition coefficient (Wildman–Crippen LogP) is 2.26. The number of carboxylic acids is 1. The third kappa shape index (κ3) is 3.71. The van der Waals surface area contributed by atoms with Crippen LogP contribution < -0.4 is 0 Å². The molecule has 1 fully saturated rings. The summed E-state index contributed by atoms with van der Waals surface area (Å²) in [4.78, 5) is 17.5. The number of benzene rings is 1. The zero-order chi connectivity index (χ0) is 15.4. The van der Waals surface area contributed by atoms with Gasteiger partial charge in [-0.1, -0.05) is 24.3 Å². The molecule has 5 nitrogen and oxygen atoms in total. The van der Waals surface area contributed by atoms with E-state index in [1.807, 2.05) is 12.1 Å². The Labute approximate surface area is 133 Å². The van der Waals surface area contributed by atoms with Gasteiger partial charge in [-0.05, 0) is 11.1 Å². The van der Waals surface area contributed by atoms with Gasteiger partial charge in [0.15, 0.2) is 5.69 Å². The molecule has 1 N–H and O–H groups in total. The molecule has 3 rings (SSSR count). The van der Waals surface area contributed by atoms with E-state index >= 15 is 0 Å². The summed E-state index contributed by atoms with van der Waals surface area (Å²) in [7, 11) is 0. The molecule has 2 aromatic rings. The van der Waals surface area contributed by atoms with Gasteiger partial charge in [-0.25, -0.2) is 9.78 Å². The van der Waals surface area contributed by atoms with E-state index in [1.165, 1.54) is 22.5 Å². The van der Waals surface area contributed by atoms with Crippen molar-refractivity contribution in [3.05, 3.63) is 51.5 Å². The molecule has 2 heterocycles. The summed E-state index contributed by atoms with van der Waals surface area (Å²) in [6.07, 6.45) is 0.679. The molecule has 22 heavy (non-hydrogen) atoms. The van der Waals surface area contributed by atoms with Gasteiger partial charge in [-0.2, -0.15) is 0 Å². The Morgan fingerprint density at radius 2 is 2.00 bits per heavy atom. The highest BCUT2D eigenvalue weighted by molar-refractivity contribution is 7.09. The van der Waals surface area contributed by atoms with Crippen LogP contribution in [0.2, 0.25) is 0 Å². The van der Waals surface area contributed by atoms with Crippen LogP contribution in [0.1, 0.15) is 26.6 Å². The third-order valence-electron chi connectivity index (χ3n) is 3.73. The molecule has 0 amide bonds. The van der Waals surface area contributed by atoms with E-state index in [2.05, 4.69) is 22.0 Å². The molecule has 0 bridgehead atoms. The molecule has 0 unspecified atom stereocenters. The molecular weight excluding hydrogens is 300 g/mol. The number of carbonyl (C=O) groups is 1. The van der Waals surface area contributed by atoms with Gasteiger partial charge in [0.1, 0.15) is 0 Å². The summed E-state index contributed by atoms with van der Waals surface area (Å²) in [5.41, 5.74) is 2.61. The first kappa shape index (κ1) is 15.1. The number of morpholine rings is 1. The van der Waals surface area contributed by atoms with Crippen molar-refractivity contribution < 1.29 is 14.6 Å². The van der Waals surface area contributed by atoms with Crippen LogP contribution in [0.15, 0.2) is 29.6 Å². The number of carboxylic acid groups (broad SMARTS) is 1. The van der Waals surface area contributed by atoms with Crippen molar-refractivity contribution in [3.8, 4) is 0 Å². The number of hydrogen-bond donors (Lipinski definition) is 1. The normalized spacial score (nSPS) is 15.8. The number of aromatic carboxylic acids is 1. The first-order chi connectivity index (χ1) is 10.7. The molecule has 1 aromatic heterocycles. The first-order valence-electron chi connectivity index (χ1n) is 7.27. The van der Waals surface area contributed by atoms with E-state index in [0.29, 0.717) is 6.42 Å². The van der Waals surface area contributed by atoms with Gasteiger partial charge >= 0.3 is 5.97 Å². The molecule has 1 aromatic carbocycles. The van der Waals surface area contributed by atoms with Crippen LogP contribution in [0.3, 0.4) is 0 Å². The fourth-order valence-corrected chi connectivity index (χ4v) is 3.33. The van der Waals surface area contributed by atoms with Gasteiger partial charge in [0.05, 0.1) is 18.2 Å². The minimum atomic E-state index is -0.968. The number of rotatable bonds is 5. The van der Waals surface area contributed by atoms with Gasteiger partial charge in [-0.3, -0.25) is 4.90 Å². The van der Waals surface area contributed by atoms with Crippen molar-refractivity contribution in [2.75, 3.05) is 26.3 Å². The summed E-state index contributed by atoms with van der Waals surface area (Å²) < 4.78 is 5.38.